The van der Waals surface area contributed by atoms with Crippen molar-refractivity contribution in [3.63, 3.8) is 0 Å². The molecule has 0 amide bonds. The van der Waals surface area contributed by atoms with Gasteiger partial charge in [0.05, 0.1) is 5.84 Å². The molecule has 11 heavy (non-hydrogen) atoms. The van der Waals surface area contributed by atoms with E-state index in [1.54, 1.807) is 0 Å². The Morgan fingerprint density at radius 3 is 1.91 bits per heavy atom. The maximum absolute atomic E-state index is 4.32. The van der Waals surface area contributed by atoms with Gasteiger partial charge in [-0.2, -0.15) is 0 Å². The Labute approximate surface area is 80.3 Å². The van der Waals surface area contributed by atoms with Crippen LogP contribution in [0.25, 0.3) is 0 Å². The molecule has 0 aromatic heterocycles. The quantitative estimate of drug-likeness (QED) is 0.407. The summed E-state index contributed by atoms with van der Waals surface area (Å²) >= 11 is 0. The molecule has 0 fully saturated rings. The van der Waals surface area contributed by atoms with E-state index in [1.807, 2.05) is 6.92 Å². The van der Waals surface area contributed by atoms with Gasteiger partial charge < -0.3 is 5.32 Å². The van der Waals surface area contributed by atoms with Gasteiger partial charge in [-0.3, -0.25) is 4.99 Å². The Hall–Kier alpha value is -0.0105. The number of hydrogen-bond acceptors (Lipinski definition) is 1. The minimum Gasteiger partial charge on any atom is -0.372 e. The van der Waals surface area contributed by atoms with Crippen LogP contribution in [0.2, 0.25) is 0 Å². The molecule has 1 N–H and O–H groups in total. The monoisotopic (exact) mass is 197 g/mol. The first-order valence-corrected chi connectivity index (χ1v) is 3.83. The summed E-state index contributed by atoms with van der Waals surface area (Å²) in [6.07, 6.45) is 0. The van der Waals surface area contributed by atoms with Gasteiger partial charge in [0.1, 0.15) is 0 Å². The maximum atomic E-state index is 4.32. The van der Waals surface area contributed by atoms with Crippen molar-refractivity contribution in [3.8, 4) is 0 Å². The molecule has 0 spiro atoms. The van der Waals surface area contributed by atoms with Crippen LogP contribution in [0.4, 0.5) is 0 Å². The van der Waals surface area contributed by atoms with Crippen LogP contribution in [-0.2, 0) is 17.1 Å². The smallest absolute Gasteiger partial charge is 0.0936 e. The van der Waals surface area contributed by atoms with Crippen LogP contribution in [0.3, 0.4) is 0 Å². The zero-order chi connectivity index (χ0) is 8.15. The van der Waals surface area contributed by atoms with Gasteiger partial charge in [-0.25, -0.2) is 0 Å². The van der Waals surface area contributed by atoms with Gasteiger partial charge in [-0.15, -0.1) is 0 Å². The number of hydrogen-bond donors (Lipinski definition) is 1. The van der Waals surface area contributed by atoms with Crippen LogP contribution in [0, 0.1) is 0 Å². The molecule has 0 rings (SSSR count). The Kier molecular flexibility index (Phi) is 8.25. The van der Waals surface area contributed by atoms with Crippen molar-refractivity contribution in [1.29, 1.82) is 0 Å². The van der Waals surface area contributed by atoms with Crippen molar-refractivity contribution in [2.24, 2.45) is 4.99 Å². The largest absolute Gasteiger partial charge is 0.372 e. The molecule has 3 heteroatoms. The van der Waals surface area contributed by atoms with E-state index in [1.165, 1.54) is 0 Å². The molecule has 0 bridgehead atoms. The Morgan fingerprint density at radius 1 is 1.18 bits per heavy atom. The Balaban J connectivity index is 0. The summed E-state index contributed by atoms with van der Waals surface area (Å²) in [4.78, 5) is 4.32. The molecule has 0 aromatic rings. The molecule has 0 aliphatic heterocycles. The fourth-order valence-corrected chi connectivity index (χ4v) is 0.842. The minimum atomic E-state index is 0. The third kappa shape index (κ3) is 9.99. The molecule has 0 saturated heterocycles. The molecule has 0 unspecified atom stereocenters. The van der Waals surface area contributed by atoms with Crippen LogP contribution >= 0.6 is 0 Å². The van der Waals surface area contributed by atoms with Crippen molar-refractivity contribution in [2.45, 2.75) is 46.7 Å². The summed E-state index contributed by atoms with van der Waals surface area (Å²) in [6.45, 7) is 10.4. The van der Waals surface area contributed by atoms with E-state index in [0.717, 1.165) is 5.84 Å². The predicted molar refractivity (Wildman–Crippen MR) is 46.5 cm³/mol. The van der Waals surface area contributed by atoms with Gasteiger partial charge in [0.25, 0.3) is 0 Å². The molecule has 0 heterocycles. The maximum Gasteiger partial charge on any atom is 0.0936 e. The topological polar surface area (TPSA) is 24.4 Å². The average molecular weight is 197 g/mol. The average Bonchev–Trinajstić information content (AvgIpc) is 1.58. The van der Waals surface area contributed by atoms with Crippen molar-refractivity contribution >= 4 is 5.84 Å². The van der Waals surface area contributed by atoms with Gasteiger partial charge in [0.15, 0.2) is 0 Å². The molecule has 0 aliphatic carbocycles. The van der Waals surface area contributed by atoms with Gasteiger partial charge in [0, 0.05) is 29.2 Å². The standard InChI is InChI=1S/C8H18N2.Mn/c1-6(2)9-8(5)10-7(3)4;/h6-7H,1-5H3,(H,9,10);. The summed E-state index contributed by atoms with van der Waals surface area (Å²) in [5.41, 5.74) is 0. The molecule has 0 aromatic carbocycles. The van der Waals surface area contributed by atoms with E-state index in [-0.39, 0.29) is 17.1 Å². The van der Waals surface area contributed by atoms with E-state index >= 15 is 0 Å². The number of rotatable bonds is 2. The van der Waals surface area contributed by atoms with Gasteiger partial charge in [-0.1, -0.05) is 0 Å². The Morgan fingerprint density at radius 2 is 1.64 bits per heavy atom. The third-order valence-electron chi connectivity index (χ3n) is 0.949. The van der Waals surface area contributed by atoms with Gasteiger partial charge in [-0.05, 0) is 34.6 Å². The molecule has 67 valence electrons. The first-order valence-electron chi connectivity index (χ1n) is 3.83. The van der Waals surface area contributed by atoms with E-state index in [4.69, 9.17) is 0 Å². The van der Waals surface area contributed by atoms with E-state index in [2.05, 4.69) is 38.0 Å². The number of nitrogens with one attached hydrogen (secondary N) is 1. The summed E-state index contributed by atoms with van der Waals surface area (Å²) in [7, 11) is 0. The number of nitrogens with zero attached hydrogens (tertiary/aromatic N) is 1. The van der Waals surface area contributed by atoms with Crippen LogP contribution in [0.5, 0.6) is 0 Å². The van der Waals surface area contributed by atoms with Gasteiger partial charge in [0.2, 0.25) is 0 Å². The summed E-state index contributed by atoms with van der Waals surface area (Å²) in [5, 5.41) is 3.22. The fraction of sp³-hybridized carbons (Fsp3) is 0.875. The zero-order valence-electron chi connectivity index (χ0n) is 7.98. The van der Waals surface area contributed by atoms with Crippen LogP contribution < -0.4 is 5.32 Å². The summed E-state index contributed by atoms with van der Waals surface area (Å²) < 4.78 is 0. The minimum absolute atomic E-state index is 0. The molecule has 0 aliphatic rings. The molecule has 1 radical (unpaired) electrons. The second-order valence-electron chi connectivity index (χ2n) is 3.11. The van der Waals surface area contributed by atoms with Crippen molar-refractivity contribution < 1.29 is 17.1 Å². The predicted octanol–water partition coefficient (Wildman–Crippen LogP) is 1.81. The van der Waals surface area contributed by atoms with Gasteiger partial charge >= 0.3 is 0 Å². The second kappa shape index (κ2) is 6.68. The van der Waals surface area contributed by atoms with E-state index < -0.39 is 0 Å². The van der Waals surface area contributed by atoms with Crippen molar-refractivity contribution in [1.82, 2.24) is 5.32 Å². The molecular weight excluding hydrogens is 179 g/mol. The molecule has 2 nitrogen and oxygen atoms in total. The zero-order valence-corrected chi connectivity index (χ0v) is 9.16. The third-order valence-corrected chi connectivity index (χ3v) is 0.949. The summed E-state index contributed by atoms with van der Waals surface area (Å²) in [5.74, 6) is 1.03. The second-order valence-corrected chi connectivity index (χ2v) is 3.11. The van der Waals surface area contributed by atoms with E-state index in [0.29, 0.717) is 12.1 Å². The SMILES string of the molecule is CC(=NC(C)C)NC(C)C.[Mn]. The fourth-order valence-electron chi connectivity index (χ4n) is 0.842. The summed E-state index contributed by atoms with van der Waals surface area (Å²) in [6, 6.07) is 0.883. The van der Waals surface area contributed by atoms with Crippen LogP contribution in [0.1, 0.15) is 34.6 Å². The van der Waals surface area contributed by atoms with Crippen molar-refractivity contribution in [2.75, 3.05) is 0 Å². The van der Waals surface area contributed by atoms with Crippen LogP contribution in [-0.4, -0.2) is 17.9 Å². The first kappa shape index (κ1) is 13.6. The van der Waals surface area contributed by atoms with Crippen LogP contribution in [0.15, 0.2) is 4.99 Å². The molecule has 0 atom stereocenters. The van der Waals surface area contributed by atoms with Crippen molar-refractivity contribution in [3.05, 3.63) is 0 Å². The molecular formula is C8H18MnN2. The normalized spacial score (nSPS) is 11.7. The number of amidine groups is 1. The number of aliphatic imine (C=N–C) groups is 1. The van der Waals surface area contributed by atoms with E-state index in [9.17, 15) is 0 Å². The first-order chi connectivity index (χ1) is 4.52. The Bertz CT molecular complexity index is 119. The molecule has 0 saturated carbocycles.